The highest BCUT2D eigenvalue weighted by Crippen LogP contribution is 2.46. The van der Waals surface area contributed by atoms with Gasteiger partial charge < -0.3 is 0 Å². The molecule has 2 fully saturated rings. The summed E-state index contributed by atoms with van der Waals surface area (Å²) in [5.74, 6) is -0.154. The van der Waals surface area contributed by atoms with Crippen LogP contribution in [0.4, 0.5) is 4.39 Å². The molecule has 1 aromatic heterocycles. The lowest BCUT2D eigenvalue weighted by molar-refractivity contribution is 0.0313. The van der Waals surface area contributed by atoms with E-state index in [1.807, 2.05) is 24.4 Å². The van der Waals surface area contributed by atoms with Crippen molar-refractivity contribution < 1.29 is 4.39 Å². The number of nitrogens with zero attached hydrogens (tertiary/aromatic N) is 4. The topological polar surface area (TPSA) is 22.6 Å². The summed E-state index contributed by atoms with van der Waals surface area (Å²) in [7, 11) is -0.335. The predicted octanol–water partition coefficient (Wildman–Crippen LogP) is 4.33. The van der Waals surface area contributed by atoms with Crippen LogP contribution in [0.25, 0.3) is 0 Å². The highest BCUT2D eigenvalue weighted by atomic mass is 31.1. The molecule has 0 bridgehead atoms. The first-order valence-corrected chi connectivity index (χ1v) is 13.3. The monoisotopic (exact) mass is 442 g/mol. The zero-order valence-electron chi connectivity index (χ0n) is 19.0. The molecule has 1 aromatic carbocycles. The number of hydrogen-bond acceptors (Lipinski definition) is 4. The zero-order valence-corrected chi connectivity index (χ0v) is 19.9. The lowest BCUT2D eigenvalue weighted by Crippen LogP contribution is -2.58. The molecule has 6 heteroatoms. The van der Waals surface area contributed by atoms with Gasteiger partial charge in [-0.15, -0.1) is 0 Å². The zero-order chi connectivity index (χ0) is 21.7. The molecule has 4 nitrogen and oxygen atoms in total. The summed E-state index contributed by atoms with van der Waals surface area (Å²) in [6.45, 7) is 12.4. The van der Waals surface area contributed by atoms with Crippen LogP contribution in [0.15, 0.2) is 48.7 Å². The molecule has 168 valence electrons. The van der Waals surface area contributed by atoms with Gasteiger partial charge in [0.2, 0.25) is 0 Å². The molecule has 2 aliphatic rings. The molecule has 31 heavy (non-hydrogen) atoms. The van der Waals surface area contributed by atoms with Crippen LogP contribution >= 0.6 is 8.07 Å². The van der Waals surface area contributed by atoms with Crippen molar-refractivity contribution in [2.45, 2.75) is 45.2 Å². The van der Waals surface area contributed by atoms with E-state index in [9.17, 15) is 4.39 Å². The SMILES string of the molecule is CCCC1(N2CCN(Cc3ccc(F)cc3)CC2)CCN(P(CC)c2ccccn2)C1. The molecule has 0 spiro atoms. The van der Waals surface area contributed by atoms with Crippen LogP contribution in [0.2, 0.25) is 0 Å². The molecular weight excluding hydrogens is 406 g/mol. The summed E-state index contributed by atoms with van der Waals surface area (Å²) in [5.41, 5.74) is 2.78. The summed E-state index contributed by atoms with van der Waals surface area (Å²) in [5, 5.41) is 0. The minimum absolute atomic E-state index is 0.154. The minimum atomic E-state index is -0.335. The van der Waals surface area contributed by atoms with Gasteiger partial charge in [-0.05, 0) is 48.8 Å². The van der Waals surface area contributed by atoms with Crippen LogP contribution in [-0.2, 0) is 6.54 Å². The average molecular weight is 443 g/mol. The van der Waals surface area contributed by atoms with E-state index >= 15 is 0 Å². The Kier molecular flexibility index (Phi) is 7.71. The van der Waals surface area contributed by atoms with Gasteiger partial charge in [-0.25, -0.2) is 4.39 Å². The fraction of sp³-hybridized carbons (Fsp3) is 0.560. The Morgan fingerprint density at radius 1 is 1.00 bits per heavy atom. The van der Waals surface area contributed by atoms with Crippen molar-refractivity contribution in [3.05, 3.63) is 60.0 Å². The van der Waals surface area contributed by atoms with Gasteiger partial charge in [0.1, 0.15) is 5.82 Å². The fourth-order valence-electron chi connectivity index (χ4n) is 5.37. The third-order valence-electron chi connectivity index (χ3n) is 6.94. The molecule has 3 heterocycles. The summed E-state index contributed by atoms with van der Waals surface area (Å²) in [6, 6.07) is 13.3. The summed E-state index contributed by atoms with van der Waals surface area (Å²) in [6.07, 6.45) is 6.88. The third kappa shape index (κ3) is 5.34. The molecule has 2 unspecified atom stereocenters. The van der Waals surface area contributed by atoms with Crippen molar-refractivity contribution in [2.24, 2.45) is 0 Å². The summed E-state index contributed by atoms with van der Waals surface area (Å²) < 4.78 is 15.9. The Labute approximate surface area is 188 Å². The Morgan fingerprint density at radius 3 is 2.42 bits per heavy atom. The number of piperazine rings is 1. The molecule has 2 atom stereocenters. The first kappa shape index (κ1) is 22.8. The van der Waals surface area contributed by atoms with Crippen molar-refractivity contribution in [3.63, 3.8) is 0 Å². The number of halogens is 1. The normalized spacial score (nSPS) is 24.5. The van der Waals surface area contributed by atoms with Crippen LogP contribution in [-0.4, -0.2) is 70.4 Å². The van der Waals surface area contributed by atoms with Crippen LogP contribution in [0.1, 0.15) is 38.7 Å². The standard InChI is InChI=1S/C25H36FN4P/c1-3-12-25(13-15-30(21-25)31(4-2)24-7-5-6-14-27-24)29-18-16-28(17-19-29)20-22-8-10-23(26)11-9-22/h5-11,14H,3-4,12-13,15-21H2,1-2H3. The second kappa shape index (κ2) is 10.5. The van der Waals surface area contributed by atoms with Gasteiger partial charge in [0, 0.05) is 65.6 Å². The molecule has 0 radical (unpaired) electrons. The molecular formula is C25H36FN4P. The third-order valence-corrected chi connectivity index (χ3v) is 9.36. The molecule has 0 N–H and O–H groups in total. The fourth-order valence-corrected chi connectivity index (χ4v) is 7.62. The van der Waals surface area contributed by atoms with E-state index in [0.29, 0.717) is 5.54 Å². The van der Waals surface area contributed by atoms with E-state index < -0.39 is 0 Å². The van der Waals surface area contributed by atoms with Gasteiger partial charge in [-0.1, -0.05) is 38.5 Å². The van der Waals surface area contributed by atoms with Crippen molar-refractivity contribution in [1.29, 1.82) is 0 Å². The largest absolute Gasteiger partial charge is 0.297 e. The summed E-state index contributed by atoms with van der Waals surface area (Å²) in [4.78, 5) is 10.0. The predicted molar refractivity (Wildman–Crippen MR) is 128 cm³/mol. The minimum Gasteiger partial charge on any atom is -0.297 e. The van der Waals surface area contributed by atoms with E-state index in [-0.39, 0.29) is 13.9 Å². The first-order valence-electron chi connectivity index (χ1n) is 11.8. The Balaban J connectivity index is 1.39. The molecule has 0 amide bonds. The summed E-state index contributed by atoms with van der Waals surface area (Å²) >= 11 is 0. The van der Waals surface area contributed by atoms with Crippen molar-refractivity contribution >= 4 is 13.5 Å². The second-order valence-electron chi connectivity index (χ2n) is 8.91. The van der Waals surface area contributed by atoms with Crippen LogP contribution in [0.3, 0.4) is 0 Å². The van der Waals surface area contributed by atoms with Crippen LogP contribution < -0.4 is 5.44 Å². The number of aromatic nitrogens is 1. The molecule has 4 rings (SSSR count). The van der Waals surface area contributed by atoms with E-state index in [0.717, 1.165) is 32.7 Å². The highest BCUT2D eigenvalue weighted by Gasteiger charge is 2.44. The Morgan fingerprint density at radius 2 is 1.77 bits per heavy atom. The van der Waals surface area contributed by atoms with Gasteiger partial charge in [0.25, 0.3) is 0 Å². The maximum atomic E-state index is 13.2. The Hall–Kier alpha value is -1.39. The maximum absolute atomic E-state index is 13.2. The van der Waals surface area contributed by atoms with Crippen LogP contribution in [0.5, 0.6) is 0 Å². The van der Waals surface area contributed by atoms with Gasteiger partial charge in [0.15, 0.2) is 0 Å². The number of rotatable bonds is 8. The van der Waals surface area contributed by atoms with E-state index in [1.54, 1.807) is 12.1 Å². The second-order valence-corrected chi connectivity index (χ2v) is 11.4. The van der Waals surface area contributed by atoms with E-state index in [1.165, 1.54) is 49.5 Å². The molecule has 2 aliphatic heterocycles. The van der Waals surface area contributed by atoms with Gasteiger partial charge in [-0.2, -0.15) is 0 Å². The average Bonchev–Trinajstić information content (AvgIpc) is 3.22. The molecule has 0 saturated carbocycles. The maximum Gasteiger partial charge on any atom is 0.123 e. The number of hydrogen-bond donors (Lipinski definition) is 0. The highest BCUT2D eigenvalue weighted by molar-refractivity contribution is 7.63. The molecule has 0 aliphatic carbocycles. The van der Waals surface area contributed by atoms with Gasteiger partial charge in [-0.3, -0.25) is 19.5 Å². The van der Waals surface area contributed by atoms with Crippen molar-refractivity contribution in [3.8, 4) is 0 Å². The first-order chi connectivity index (χ1) is 15.1. The molecule has 2 saturated heterocycles. The lowest BCUT2D eigenvalue weighted by atomic mass is 9.89. The molecule has 2 aromatic rings. The Bertz CT molecular complexity index is 810. The van der Waals surface area contributed by atoms with Crippen LogP contribution in [0, 0.1) is 5.82 Å². The number of benzene rings is 1. The smallest absolute Gasteiger partial charge is 0.123 e. The number of pyridine rings is 1. The van der Waals surface area contributed by atoms with E-state index in [2.05, 4.69) is 40.5 Å². The van der Waals surface area contributed by atoms with Gasteiger partial charge >= 0.3 is 0 Å². The van der Waals surface area contributed by atoms with Crippen molar-refractivity contribution in [1.82, 2.24) is 19.5 Å². The van der Waals surface area contributed by atoms with Gasteiger partial charge in [0.05, 0.1) is 5.44 Å². The lowest BCUT2D eigenvalue weighted by Gasteiger charge is -2.46. The quantitative estimate of drug-likeness (QED) is 0.568. The van der Waals surface area contributed by atoms with E-state index in [4.69, 9.17) is 4.98 Å². The van der Waals surface area contributed by atoms with Crippen molar-refractivity contribution in [2.75, 3.05) is 45.4 Å².